The normalized spacial score (nSPS) is 12.2. The number of phenols is 1. The average Bonchev–Trinajstić information content (AvgIpc) is 2.96. The van der Waals surface area contributed by atoms with E-state index in [-0.39, 0.29) is 29.6 Å². The molecule has 0 spiro atoms. The van der Waals surface area contributed by atoms with E-state index in [2.05, 4.69) is 15.6 Å². The van der Waals surface area contributed by atoms with E-state index in [9.17, 15) is 19.5 Å². The predicted molar refractivity (Wildman–Crippen MR) is 162 cm³/mol. The van der Waals surface area contributed by atoms with E-state index in [1.54, 1.807) is 36.4 Å². The van der Waals surface area contributed by atoms with Gasteiger partial charge in [0.25, 0.3) is 5.91 Å². The smallest absolute Gasteiger partial charge is 0.255 e. The highest BCUT2D eigenvalue weighted by Crippen LogP contribution is 2.27. The number of hydrogen-bond donors (Lipinski definition) is 7. The van der Waals surface area contributed by atoms with Gasteiger partial charge < -0.3 is 43.4 Å². The maximum atomic E-state index is 13.2. The molecule has 11 N–H and O–H groups in total. The highest BCUT2D eigenvalue weighted by molar-refractivity contribution is 6.03. The molecule has 42 heavy (non-hydrogen) atoms. The van der Waals surface area contributed by atoms with Crippen molar-refractivity contribution in [2.75, 3.05) is 19.7 Å². The molecule has 3 rings (SSSR count). The minimum absolute atomic E-state index is 0.0517. The fraction of sp³-hybridized carbons (Fsp3) is 0.333. The maximum Gasteiger partial charge on any atom is 0.255 e. The Morgan fingerprint density at radius 3 is 2.29 bits per heavy atom. The summed E-state index contributed by atoms with van der Waals surface area (Å²) in [6.07, 6.45) is 2.31. The van der Waals surface area contributed by atoms with Gasteiger partial charge in [0, 0.05) is 13.1 Å². The average molecular weight is 578 g/mol. The van der Waals surface area contributed by atoms with Gasteiger partial charge in [-0.2, -0.15) is 0 Å². The van der Waals surface area contributed by atoms with Crippen molar-refractivity contribution in [2.45, 2.75) is 44.2 Å². The number of nitrogens with one attached hydrogen (secondary N) is 2. The van der Waals surface area contributed by atoms with Gasteiger partial charge >= 0.3 is 0 Å². The molecule has 0 aliphatic heterocycles. The van der Waals surface area contributed by atoms with Crippen LogP contribution in [0, 0.1) is 0 Å². The van der Waals surface area contributed by atoms with Crippen LogP contribution in [0.2, 0.25) is 0 Å². The Morgan fingerprint density at radius 1 is 0.929 bits per heavy atom. The molecular formula is C30H39N7O5. The Bertz CT molecular complexity index is 1390. The Balaban J connectivity index is 1.54. The van der Waals surface area contributed by atoms with Crippen LogP contribution in [-0.2, 0) is 16.0 Å². The number of guanidine groups is 1. The van der Waals surface area contributed by atoms with E-state index in [0.717, 1.165) is 16.3 Å². The molecular weight excluding hydrogens is 538 g/mol. The monoisotopic (exact) mass is 577 g/mol. The third-order valence-electron chi connectivity index (χ3n) is 6.54. The maximum absolute atomic E-state index is 13.2. The molecule has 0 radical (unpaired) electrons. The van der Waals surface area contributed by atoms with Crippen molar-refractivity contribution in [2.24, 2.45) is 27.9 Å². The number of unbranched alkanes of at least 4 members (excludes halogenated alkanes) is 1. The van der Waals surface area contributed by atoms with Crippen molar-refractivity contribution in [3.8, 4) is 11.5 Å². The van der Waals surface area contributed by atoms with Crippen LogP contribution in [0.15, 0.2) is 65.7 Å². The zero-order valence-electron chi connectivity index (χ0n) is 23.4. The van der Waals surface area contributed by atoms with Crippen molar-refractivity contribution in [1.29, 1.82) is 0 Å². The van der Waals surface area contributed by atoms with E-state index in [1.807, 2.05) is 24.3 Å². The number of nitrogens with zero attached hydrogens (tertiary/aromatic N) is 1. The van der Waals surface area contributed by atoms with Crippen LogP contribution in [0.1, 0.15) is 41.6 Å². The lowest BCUT2D eigenvalue weighted by Crippen LogP contribution is -2.44. The molecule has 3 amide bonds. The fourth-order valence-electron chi connectivity index (χ4n) is 4.27. The van der Waals surface area contributed by atoms with Crippen molar-refractivity contribution in [3.63, 3.8) is 0 Å². The van der Waals surface area contributed by atoms with E-state index in [4.69, 9.17) is 27.7 Å². The molecule has 0 aliphatic carbocycles. The van der Waals surface area contributed by atoms with E-state index < -0.39 is 23.9 Å². The molecule has 2 atom stereocenters. The molecule has 3 aromatic carbocycles. The Labute approximate surface area is 244 Å². The number of nitrogens with two attached hydrogens (primary N) is 4. The summed E-state index contributed by atoms with van der Waals surface area (Å²) >= 11 is 0. The summed E-state index contributed by atoms with van der Waals surface area (Å²) < 4.78 is 6.00. The number of ether oxygens (including phenoxy) is 1. The second-order valence-electron chi connectivity index (χ2n) is 9.90. The Hall–Kier alpha value is -4.84. The van der Waals surface area contributed by atoms with Crippen molar-refractivity contribution >= 4 is 34.5 Å². The Kier molecular flexibility index (Phi) is 11.9. The quantitative estimate of drug-likeness (QED) is 0.0738. The number of fused-ring (bicyclic) bond motifs is 1. The molecule has 0 bridgehead atoms. The molecule has 2 unspecified atom stereocenters. The highest BCUT2D eigenvalue weighted by Gasteiger charge is 2.22. The van der Waals surface area contributed by atoms with Crippen molar-refractivity contribution < 1.29 is 24.2 Å². The summed E-state index contributed by atoms with van der Waals surface area (Å²) in [5.74, 6) is -0.947. The molecule has 0 saturated heterocycles. The molecule has 3 aromatic rings. The van der Waals surface area contributed by atoms with E-state index in [0.29, 0.717) is 51.1 Å². The SMILES string of the molecule is NC(=O)C(CCCN=C(N)N)NC(=O)c1cc2ccccc2cc1OCCCCNC(=O)C(N)Cc1ccc(O)cc1. The van der Waals surface area contributed by atoms with Crippen molar-refractivity contribution in [1.82, 2.24) is 10.6 Å². The standard InChI is InChI=1S/C30H39N7O5/c31-24(16-19-9-11-22(38)12-10-19)29(41)35-13-3-4-15-42-26-18-21-7-2-1-6-20(21)17-23(26)28(40)37-25(27(32)39)8-5-14-36-30(33)34/h1-2,6-7,9-12,17-18,24-25,38H,3-5,8,13-16,31H2,(H2,32,39)(H,35,41)(H,37,40)(H4,33,34,36). The number of hydrogen-bond acceptors (Lipinski definition) is 7. The van der Waals surface area contributed by atoms with Gasteiger partial charge in [-0.3, -0.25) is 19.4 Å². The molecule has 12 nitrogen and oxygen atoms in total. The summed E-state index contributed by atoms with van der Waals surface area (Å²) in [5, 5.41) is 16.6. The van der Waals surface area contributed by atoms with Crippen LogP contribution < -0.4 is 38.3 Å². The molecule has 0 fully saturated rings. The number of primary amides is 1. The lowest BCUT2D eigenvalue weighted by atomic mass is 10.0. The number of aromatic hydroxyl groups is 1. The first-order chi connectivity index (χ1) is 20.1. The molecule has 0 aromatic heterocycles. The van der Waals surface area contributed by atoms with Gasteiger partial charge in [0.2, 0.25) is 11.8 Å². The first-order valence-electron chi connectivity index (χ1n) is 13.8. The number of aliphatic imine (C=N–C) groups is 1. The third-order valence-corrected chi connectivity index (χ3v) is 6.54. The lowest BCUT2D eigenvalue weighted by molar-refractivity contribution is -0.122. The third kappa shape index (κ3) is 9.97. The zero-order chi connectivity index (χ0) is 30.5. The van der Waals surface area contributed by atoms with Crippen molar-refractivity contribution in [3.05, 3.63) is 71.8 Å². The number of carbonyl (C=O) groups is 3. The molecule has 224 valence electrons. The highest BCUT2D eigenvalue weighted by atomic mass is 16.5. The number of phenolic OH excluding ortho intramolecular Hbond substituents is 1. The van der Waals surface area contributed by atoms with Crippen LogP contribution in [0.5, 0.6) is 11.5 Å². The lowest BCUT2D eigenvalue weighted by Gasteiger charge is -2.18. The van der Waals surface area contributed by atoms with Gasteiger partial charge in [-0.25, -0.2) is 0 Å². The predicted octanol–water partition coefficient (Wildman–Crippen LogP) is 1.03. The van der Waals surface area contributed by atoms with Crippen LogP contribution >= 0.6 is 0 Å². The molecule has 12 heteroatoms. The molecule has 0 heterocycles. The summed E-state index contributed by atoms with van der Waals surface area (Å²) in [6, 6.07) is 16.0. The fourth-order valence-corrected chi connectivity index (χ4v) is 4.27. The van der Waals surface area contributed by atoms with Gasteiger partial charge in [0.15, 0.2) is 5.96 Å². The topological polar surface area (TPSA) is 221 Å². The summed E-state index contributed by atoms with van der Waals surface area (Å²) in [4.78, 5) is 41.5. The van der Waals surface area contributed by atoms with Gasteiger partial charge in [0.05, 0.1) is 18.2 Å². The largest absolute Gasteiger partial charge is 0.508 e. The second kappa shape index (κ2) is 15.8. The summed E-state index contributed by atoms with van der Waals surface area (Å²) in [5.41, 5.74) is 23.3. The number of carbonyl (C=O) groups excluding carboxylic acids is 3. The van der Waals surface area contributed by atoms with Gasteiger partial charge in [-0.15, -0.1) is 0 Å². The number of benzene rings is 3. The minimum Gasteiger partial charge on any atom is -0.508 e. The van der Waals surface area contributed by atoms with E-state index >= 15 is 0 Å². The molecule has 0 aliphatic rings. The minimum atomic E-state index is -0.907. The Morgan fingerprint density at radius 2 is 1.62 bits per heavy atom. The van der Waals surface area contributed by atoms with Crippen LogP contribution in [0.25, 0.3) is 10.8 Å². The number of rotatable bonds is 16. The van der Waals surface area contributed by atoms with E-state index in [1.165, 1.54) is 0 Å². The van der Waals surface area contributed by atoms with Gasteiger partial charge in [-0.05, 0) is 72.7 Å². The van der Waals surface area contributed by atoms with Gasteiger partial charge in [0.1, 0.15) is 17.5 Å². The first-order valence-corrected chi connectivity index (χ1v) is 13.8. The number of amides is 3. The van der Waals surface area contributed by atoms with Gasteiger partial charge in [-0.1, -0.05) is 36.4 Å². The first kappa shape index (κ1) is 31.7. The van der Waals surface area contributed by atoms with Crippen LogP contribution in [0.4, 0.5) is 0 Å². The zero-order valence-corrected chi connectivity index (χ0v) is 23.4. The summed E-state index contributed by atoms with van der Waals surface area (Å²) in [7, 11) is 0. The van der Waals surface area contributed by atoms with Crippen LogP contribution in [-0.4, -0.2) is 60.6 Å². The summed E-state index contributed by atoms with van der Waals surface area (Å²) in [6.45, 7) is 1.01. The molecule has 0 saturated carbocycles. The van der Waals surface area contributed by atoms with Crippen LogP contribution in [0.3, 0.4) is 0 Å². The second-order valence-corrected chi connectivity index (χ2v) is 9.90.